The molecule has 0 aliphatic heterocycles. The fourth-order valence-electron chi connectivity index (χ4n) is 2.22. The van der Waals surface area contributed by atoms with Crippen molar-refractivity contribution >= 4 is 35.5 Å². The maximum atomic E-state index is 12.5. The molecule has 0 aliphatic rings. The van der Waals surface area contributed by atoms with Gasteiger partial charge in [0.05, 0.1) is 6.04 Å². The van der Waals surface area contributed by atoms with E-state index in [-0.39, 0.29) is 25.7 Å². The Balaban J connectivity index is 4.93. The van der Waals surface area contributed by atoms with Gasteiger partial charge in [-0.15, -0.1) is 0 Å². The molecule has 10 nitrogen and oxygen atoms in total. The Hall–Kier alpha value is -1.85. The zero-order valence-electron chi connectivity index (χ0n) is 15.5. The molecule has 0 fully saturated rings. The number of unbranched alkanes of at least 4 members (excludes halogenated alkanes) is 1. The molecule has 0 aromatic carbocycles. The van der Waals surface area contributed by atoms with Gasteiger partial charge in [0.15, 0.2) is 0 Å². The first-order valence-electron chi connectivity index (χ1n) is 8.72. The Bertz CT molecular complexity index is 505. The van der Waals surface area contributed by atoms with Gasteiger partial charge >= 0.3 is 11.9 Å². The van der Waals surface area contributed by atoms with Crippen molar-refractivity contribution in [3.8, 4) is 0 Å². The minimum Gasteiger partial charge on any atom is -0.481 e. The SMILES string of the molecule is CSCC[C@H](NC(=O)[C@H](CCCCN)NC(=O)[C@@H](N)CCC(=O)O)C(=O)O. The summed E-state index contributed by atoms with van der Waals surface area (Å²) in [5, 5.41) is 22.8. The van der Waals surface area contributed by atoms with Gasteiger partial charge in [-0.05, 0) is 50.7 Å². The topological polar surface area (TPSA) is 185 Å². The Kier molecular flexibility index (Phi) is 13.3. The van der Waals surface area contributed by atoms with E-state index < -0.39 is 41.9 Å². The number of hydrogen-bond acceptors (Lipinski definition) is 7. The van der Waals surface area contributed by atoms with Gasteiger partial charge in [0.2, 0.25) is 11.8 Å². The third-order valence-electron chi connectivity index (χ3n) is 3.81. The van der Waals surface area contributed by atoms with E-state index in [1.165, 1.54) is 11.8 Å². The maximum absolute atomic E-state index is 12.5. The molecule has 8 N–H and O–H groups in total. The number of amides is 2. The van der Waals surface area contributed by atoms with E-state index >= 15 is 0 Å². The van der Waals surface area contributed by atoms with Crippen LogP contribution in [0.15, 0.2) is 0 Å². The van der Waals surface area contributed by atoms with Crippen molar-refractivity contribution in [2.24, 2.45) is 11.5 Å². The van der Waals surface area contributed by atoms with Crippen LogP contribution < -0.4 is 22.1 Å². The molecule has 11 heteroatoms. The number of carbonyl (C=O) groups is 4. The van der Waals surface area contributed by atoms with Crippen LogP contribution in [0, 0.1) is 0 Å². The van der Waals surface area contributed by atoms with Gasteiger partial charge in [-0.2, -0.15) is 11.8 Å². The van der Waals surface area contributed by atoms with Gasteiger partial charge in [0.25, 0.3) is 0 Å². The van der Waals surface area contributed by atoms with E-state index in [0.29, 0.717) is 25.1 Å². The largest absolute Gasteiger partial charge is 0.481 e. The number of aliphatic carboxylic acids is 2. The maximum Gasteiger partial charge on any atom is 0.326 e. The van der Waals surface area contributed by atoms with Crippen LogP contribution in [-0.4, -0.2) is 70.6 Å². The molecule has 0 saturated heterocycles. The van der Waals surface area contributed by atoms with Crippen molar-refractivity contribution in [2.75, 3.05) is 18.6 Å². The fraction of sp³-hybridized carbons (Fsp3) is 0.750. The van der Waals surface area contributed by atoms with Crippen LogP contribution in [0.4, 0.5) is 0 Å². The van der Waals surface area contributed by atoms with Gasteiger partial charge in [-0.3, -0.25) is 14.4 Å². The molecule has 0 aromatic heterocycles. The van der Waals surface area contributed by atoms with Crippen LogP contribution in [0.5, 0.6) is 0 Å². The summed E-state index contributed by atoms with van der Waals surface area (Å²) in [6.45, 7) is 0.423. The van der Waals surface area contributed by atoms with Crippen LogP contribution in [0.2, 0.25) is 0 Å². The molecule has 0 heterocycles. The molecule has 0 bridgehead atoms. The van der Waals surface area contributed by atoms with Crippen molar-refractivity contribution in [3.05, 3.63) is 0 Å². The van der Waals surface area contributed by atoms with E-state index in [1.807, 2.05) is 6.26 Å². The Morgan fingerprint density at radius 1 is 0.963 bits per heavy atom. The lowest BCUT2D eigenvalue weighted by atomic mass is 10.1. The average molecular weight is 407 g/mol. The number of carboxylic acids is 2. The molecule has 156 valence electrons. The summed E-state index contributed by atoms with van der Waals surface area (Å²) < 4.78 is 0. The van der Waals surface area contributed by atoms with E-state index in [2.05, 4.69) is 10.6 Å². The minimum absolute atomic E-state index is 0.0657. The summed E-state index contributed by atoms with van der Waals surface area (Å²) in [4.78, 5) is 46.5. The predicted octanol–water partition coefficient (Wildman–Crippen LogP) is -0.885. The van der Waals surface area contributed by atoms with Crippen molar-refractivity contribution in [2.45, 2.75) is 56.7 Å². The lowest BCUT2D eigenvalue weighted by Gasteiger charge is -2.22. The molecular weight excluding hydrogens is 376 g/mol. The van der Waals surface area contributed by atoms with Crippen LogP contribution in [-0.2, 0) is 19.2 Å². The number of carboxylic acid groups (broad SMARTS) is 2. The normalized spacial score (nSPS) is 14.0. The van der Waals surface area contributed by atoms with Crippen LogP contribution in [0.3, 0.4) is 0 Å². The predicted molar refractivity (Wildman–Crippen MR) is 102 cm³/mol. The van der Waals surface area contributed by atoms with Crippen molar-refractivity contribution in [1.82, 2.24) is 10.6 Å². The lowest BCUT2D eigenvalue weighted by Crippen LogP contribution is -2.54. The average Bonchev–Trinajstić information content (AvgIpc) is 2.61. The molecule has 0 saturated carbocycles. The number of rotatable bonds is 15. The molecule has 0 spiro atoms. The third-order valence-corrected chi connectivity index (χ3v) is 4.46. The van der Waals surface area contributed by atoms with Crippen LogP contribution >= 0.6 is 11.8 Å². The molecule has 27 heavy (non-hydrogen) atoms. The summed E-state index contributed by atoms with van der Waals surface area (Å²) in [7, 11) is 0. The molecule has 0 unspecified atom stereocenters. The molecule has 0 aromatic rings. The number of nitrogens with two attached hydrogens (primary N) is 2. The summed E-state index contributed by atoms with van der Waals surface area (Å²) in [5.74, 6) is -2.93. The first-order chi connectivity index (χ1) is 12.7. The zero-order valence-corrected chi connectivity index (χ0v) is 16.3. The quantitative estimate of drug-likeness (QED) is 0.188. The highest BCUT2D eigenvalue weighted by Crippen LogP contribution is 2.06. The van der Waals surface area contributed by atoms with Crippen molar-refractivity contribution in [1.29, 1.82) is 0 Å². The monoisotopic (exact) mass is 406 g/mol. The molecular formula is C16H30N4O6S. The van der Waals surface area contributed by atoms with E-state index in [1.54, 1.807) is 0 Å². The number of hydrogen-bond donors (Lipinski definition) is 6. The van der Waals surface area contributed by atoms with E-state index in [0.717, 1.165) is 0 Å². The Labute approximate surface area is 162 Å². The summed E-state index contributed by atoms with van der Waals surface area (Å²) in [6.07, 6.45) is 3.22. The number of nitrogens with one attached hydrogen (secondary N) is 2. The summed E-state index contributed by atoms with van der Waals surface area (Å²) in [5.41, 5.74) is 11.1. The number of carbonyl (C=O) groups excluding carboxylic acids is 2. The first-order valence-corrected chi connectivity index (χ1v) is 10.1. The van der Waals surface area contributed by atoms with Crippen molar-refractivity contribution in [3.63, 3.8) is 0 Å². The second-order valence-electron chi connectivity index (χ2n) is 6.07. The Morgan fingerprint density at radius 3 is 2.11 bits per heavy atom. The van der Waals surface area contributed by atoms with Gasteiger partial charge in [0.1, 0.15) is 12.1 Å². The van der Waals surface area contributed by atoms with Gasteiger partial charge in [0, 0.05) is 6.42 Å². The second-order valence-corrected chi connectivity index (χ2v) is 7.05. The standard InChI is InChI=1S/C16H30N4O6S/c1-27-9-7-12(16(25)26)20-15(24)11(4-2-3-8-17)19-14(23)10(18)5-6-13(21)22/h10-12H,2-9,17-18H2,1H3,(H,19,23)(H,20,24)(H,21,22)(H,25,26)/t10-,11-,12-/m0/s1. The van der Waals surface area contributed by atoms with Gasteiger partial charge < -0.3 is 32.3 Å². The van der Waals surface area contributed by atoms with Crippen LogP contribution in [0.25, 0.3) is 0 Å². The van der Waals surface area contributed by atoms with E-state index in [4.69, 9.17) is 16.6 Å². The molecule has 3 atom stereocenters. The zero-order chi connectivity index (χ0) is 20.8. The fourth-order valence-corrected chi connectivity index (χ4v) is 2.69. The molecule has 0 rings (SSSR count). The molecule has 0 radical (unpaired) electrons. The van der Waals surface area contributed by atoms with Crippen LogP contribution in [0.1, 0.15) is 38.5 Å². The van der Waals surface area contributed by atoms with Gasteiger partial charge in [-0.25, -0.2) is 4.79 Å². The lowest BCUT2D eigenvalue weighted by molar-refractivity contribution is -0.142. The van der Waals surface area contributed by atoms with Crippen molar-refractivity contribution < 1.29 is 29.4 Å². The first kappa shape index (κ1) is 25.1. The summed E-state index contributed by atoms with van der Waals surface area (Å²) >= 11 is 1.46. The van der Waals surface area contributed by atoms with Gasteiger partial charge in [-0.1, -0.05) is 0 Å². The van der Waals surface area contributed by atoms with E-state index in [9.17, 15) is 24.3 Å². The highest BCUT2D eigenvalue weighted by Gasteiger charge is 2.27. The minimum atomic E-state index is -1.15. The molecule has 0 aliphatic carbocycles. The number of thioether (sulfide) groups is 1. The molecule has 2 amide bonds. The summed E-state index contributed by atoms with van der Waals surface area (Å²) in [6, 6.07) is -3.09. The Morgan fingerprint density at radius 2 is 1.59 bits per heavy atom. The third kappa shape index (κ3) is 11.5. The smallest absolute Gasteiger partial charge is 0.326 e. The highest BCUT2D eigenvalue weighted by atomic mass is 32.2. The second kappa shape index (κ2) is 14.2. The highest BCUT2D eigenvalue weighted by molar-refractivity contribution is 7.98.